The number of para-hydroxylation sites is 4. The minimum atomic E-state index is -0.473. The largest absolute Gasteiger partial charge is 0.454 e. The molecule has 65 heavy (non-hydrogen) atoms. The van der Waals surface area contributed by atoms with Crippen LogP contribution >= 0.6 is 11.6 Å². The molecule has 0 N–H and O–H groups in total. The minimum absolute atomic E-state index is 0.473. The monoisotopic (exact) mass is 848 g/mol. The second-order valence-corrected chi connectivity index (χ2v) is 17.7. The molecule has 2 aliphatic rings. The van der Waals surface area contributed by atoms with Gasteiger partial charge in [-0.2, -0.15) is 0 Å². The molecule has 0 bridgehead atoms. The van der Waals surface area contributed by atoms with Crippen LogP contribution in [0.1, 0.15) is 22.3 Å². The van der Waals surface area contributed by atoms with Crippen molar-refractivity contribution in [2.75, 3.05) is 4.90 Å². The Balaban J connectivity index is 1.03. The molecule has 2 aliphatic carbocycles. The average Bonchev–Trinajstić information content (AvgIpc) is 4.08. The number of furan rings is 1. The van der Waals surface area contributed by atoms with Crippen LogP contribution in [0.2, 0.25) is 5.02 Å². The second kappa shape index (κ2) is 13.7. The van der Waals surface area contributed by atoms with E-state index in [1.807, 2.05) is 6.07 Å². The smallest absolute Gasteiger partial charge is 0.160 e. The van der Waals surface area contributed by atoms with E-state index < -0.39 is 5.41 Å². The molecule has 0 radical (unpaired) electrons. The first-order valence-electron chi connectivity index (χ1n) is 22.2. The van der Waals surface area contributed by atoms with Crippen molar-refractivity contribution in [1.82, 2.24) is 4.57 Å². The van der Waals surface area contributed by atoms with E-state index >= 15 is 0 Å². The maximum atomic E-state index is 7.37. The zero-order valence-corrected chi connectivity index (χ0v) is 35.8. The zero-order chi connectivity index (χ0) is 42.8. The lowest BCUT2D eigenvalue weighted by Gasteiger charge is -2.32. The van der Waals surface area contributed by atoms with Crippen molar-refractivity contribution in [2.24, 2.45) is 0 Å². The molecule has 3 nitrogen and oxygen atoms in total. The van der Waals surface area contributed by atoms with Gasteiger partial charge in [-0.05, 0) is 128 Å². The summed E-state index contributed by atoms with van der Waals surface area (Å²) in [5.74, 6) is 0. The highest BCUT2D eigenvalue weighted by Gasteiger charge is 2.51. The summed E-state index contributed by atoms with van der Waals surface area (Å²) >= 11 is 7.37. The summed E-state index contributed by atoms with van der Waals surface area (Å²) in [6.07, 6.45) is 0. The average molecular weight is 849 g/mol. The van der Waals surface area contributed by atoms with Crippen molar-refractivity contribution < 1.29 is 4.42 Å². The normalized spacial score (nSPS) is 13.1. The van der Waals surface area contributed by atoms with Gasteiger partial charge in [-0.25, -0.2) is 0 Å². The highest BCUT2D eigenvalue weighted by molar-refractivity contribution is 6.32. The second-order valence-electron chi connectivity index (χ2n) is 17.3. The Hall–Kier alpha value is -8.11. The Morgan fingerprint density at radius 3 is 1.71 bits per heavy atom. The van der Waals surface area contributed by atoms with E-state index in [0.717, 1.165) is 77.6 Å². The molecule has 2 heterocycles. The van der Waals surface area contributed by atoms with E-state index in [-0.39, 0.29) is 0 Å². The summed E-state index contributed by atoms with van der Waals surface area (Å²) in [7, 11) is 0. The molecular weight excluding hydrogens is 812 g/mol. The summed E-state index contributed by atoms with van der Waals surface area (Å²) < 4.78 is 9.31. The third kappa shape index (κ3) is 5.02. The van der Waals surface area contributed by atoms with Crippen LogP contribution < -0.4 is 4.90 Å². The van der Waals surface area contributed by atoms with E-state index in [4.69, 9.17) is 16.0 Å². The number of benzene rings is 10. The van der Waals surface area contributed by atoms with Crippen LogP contribution in [0.15, 0.2) is 229 Å². The summed E-state index contributed by atoms with van der Waals surface area (Å²) in [6, 6.07) is 81.1. The maximum Gasteiger partial charge on any atom is 0.160 e. The molecule has 304 valence electrons. The molecule has 1 spiro atoms. The topological polar surface area (TPSA) is 21.3 Å². The van der Waals surface area contributed by atoms with Crippen molar-refractivity contribution >= 4 is 72.4 Å². The molecule has 0 fully saturated rings. The summed E-state index contributed by atoms with van der Waals surface area (Å²) in [6.45, 7) is 0. The molecule has 0 amide bonds. The number of aromatic nitrogens is 1. The summed E-state index contributed by atoms with van der Waals surface area (Å²) in [5.41, 5.74) is 19.9. The predicted octanol–water partition coefficient (Wildman–Crippen LogP) is 16.8. The Bertz CT molecular complexity index is 3860. The van der Waals surface area contributed by atoms with Gasteiger partial charge in [0.05, 0.1) is 16.4 Å². The van der Waals surface area contributed by atoms with Crippen LogP contribution in [0.4, 0.5) is 17.1 Å². The van der Waals surface area contributed by atoms with E-state index in [1.54, 1.807) is 0 Å². The van der Waals surface area contributed by atoms with Gasteiger partial charge < -0.3 is 13.9 Å². The lowest BCUT2D eigenvalue weighted by Crippen LogP contribution is -2.26. The lowest BCUT2D eigenvalue weighted by molar-refractivity contribution is 0.671. The van der Waals surface area contributed by atoms with Crippen LogP contribution in [-0.4, -0.2) is 4.57 Å². The Morgan fingerprint density at radius 2 is 1.00 bits per heavy atom. The molecule has 0 saturated carbocycles. The first kappa shape index (κ1) is 36.4. The molecule has 2 aromatic heterocycles. The van der Waals surface area contributed by atoms with Crippen molar-refractivity contribution in [3.8, 4) is 39.1 Å². The molecule has 0 saturated heterocycles. The Labute approximate surface area is 380 Å². The third-order valence-electron chi connectivity index (χ3n) is 14.0. The summed E-state index contributed by atoms with van der Waals surface area (Å²) in [4.78, 5) is 2.36. The molecule has 0 atom stereocenters. The van der Waals surface area contributed by atoms with Gasteiger partial charge in [-0.1, -0.05) is 163 Å². The van der Waals surface area contributed by atoms with Crippen molar-refractivity contribution in [1.29, 1.82) is 0 Å². The van der Waals surface area contributed by atoms with Crippen LogP contribution in [-0.2, 0) is 5.41 Å². The Kier molecular flexibility index (Phi) is 7.66. The minimum Gasteiger partial charge on any atom is -0.454 e. The number of rotatable bonds is 5. The van der Waals surface area contributed by atoms with Gasteiger partial charge in [-0.3, -0.25) is 0 Å². The van der Waals surface area contributed by atoms with Crippen LogP contribution in [0.3, 0.4) is 0 Å². The molecule has 14 rings (SSSR count). The first-order chi connectivity index (χ1) is 32.2. The van der Waals surface area contributed by atoms with Gasteiger partial charge in [0.15, 0.2) is 5.58 Å². The first-order valence-corrected chi connectivity index (χ1v) is 22.6. The van der Waals surface area contributed by atoms with Gasteiger partial charge in [0.2, 0.25) is 0 Å². The van der Waals surface area contributed by atoms with Gasteiger partial charge in [-0.15, -0.1) is 0 Å². The fourth-order valence-electron chi connectivity index (χ4n) is 11.5. The van der Waals surface area contributed by atoms with Crippen molar-refractivity contribution in [2.45, 2.75) is 5.41 Å². The SMILES string of the molecule is Clc1cc(-c2cc3c4ccccc4n(-c4ccccc4)c3c3oc4ccccc4c23)cc(N(c2ccccc2)c2ccc3c(c2)C2(c4ccccc4-c4ccccc42)c2ccccc2-3)c1. The molecular formula is C61H37ClN2O. The lowest BCUT2D eigenvalue weighted by atomic mass is 9.70. The fourth-order valence-corrected chi connectivity index (χ4v) is 11.7. The van der Waals surface area contributed by atoms with Crippen molar-refractivity contribution in [3.63, 3.8) is 0 Å². The van der Waals surface area contributed by atoms with E-state index in [1.165, 1.54) is 44.5 Å². The van der Waals surface area contributed by atoms with Crippen molar-refractivity contribution in [3.05, 3.63) is 252 Å². The third-order valence-corrected chi connectivity index (χ3v) is 14.2. The van der Waals surface area contributed by atoms with Crippen LogP contribution in [0, 0.1) is 0 Å². The fraction of sp³-hybridized carbons (Fsp3) is 0.0164. The number of nitrogens with zero attached hydrogens (tertiary/aromatic N) is 2. The number of hydrogen-bond donors (Lipinski definition) is 0. The zero-order valence-electron chi connectivity index (χ0n) is 35.0. The number of hydrogen-bond acceptors (Lipinski definition) is 2. The van der Waals surface area contributed by atoms with Gasteiger partial charge in [0.1, 0.15) is 5.58 Å². The van der Waals surface area contributed by atoms with Gasteiger partial charge in [0, 0.05) is 49.3 Å². The molecule has 12 aromatic rings. The molecule has 0 unspecified atom stereocenters. The maximum absolute atomic E-state index is 7.37. The Morgan fingerprint density at radius 1 is 0.415 bits per heavy atom. The number of halogens is 1. The van der Waals surface area contributed by atoms with E-state index in [2.05, 4.69) is 228 Å². The van der Waals surface area contributed by atoms with E-state index in [0.29, 0.717) is 5.02 Å². The molecule has 10 aromatic carbocycles. The van der Waals surface area contributed by atoms with Gasteiger partial charge in [0.25, 0.3) is 0 Å². The number of fused-ring (bicyclic) bond motifs is 17. The standard InChI is InChI=1S/C61H37ClN2O/c62-39-33-38(50-37-51-48-24-10-15-29-56(48)64(41-19-5-2-6-20-41)59(51)60-58(50)49-25-11-16-30-57(49)65-60)34-43(35-39)63(40-17-3-1-4-18-40)42-31-32-47-46-23-9-14-28-54(46)61(55(47)36-42)52-26-12-7-21-44(52)45-22-8-13-27-53(45)61/h1-37H. The predicted molar refractivity (Wildman–Crippen MR) is 269 cm³/mol. The highest BCUT2D eigenvalue weighted by Crippen LogP contribution is 2.63. The van der Waals surface area contributed by atoms with Crippen LogP contribution in [0.5, 0.6) is 0 Å². The number of anilines is 3. The molecule has 0 aliphatic heterocycles. The van der Waals surface area contributed by atoms with Crippen LogP contribution in [0.25, 0.3) is 82.8 Å². The summed E-state index contributed by atoms with van der Waals surface area (Å²) in [5, 5.41) is 5.05. The molecule has 4 heteroatoms. The quantitative estimate of drug-likeness (QED) is 0.172. The van der Waals surface area contributed by atoms with Gasteiger partial charge >= 0.3 is 0 Å². The highest BCUT2D eigenvalue weighted by atomic mass is 35.5. The van der Waals surface area contributed by atoms with E-state index in [9.17, 15) is 0 Å².